The summed E-state index contributed by atoms with van der Waals surface area (Å²) in [4.78, 5) is 24.4. The van der Waals surface area contributed by atoms with Crippen LogP contribution in [0.4, 0.5) is 4.39 Å². The number of carbonyl (C=O) groups excluding carboxylic acids is 2. The number of halogens is 1. The van der Waals surface area contributed by atoms with E-state index in [2.05, 4.69) is 0 Å². The van der Waals surface area contributed by atoms with Crippen LogP contribution in [0.15, 0.2) is 18.2 Å². The molecule has 0 saturated carbocycles. The van der Waals surface area contributed by atoms with E-state index in [1.165, 1.54) is 6.07 Å². The summed E-state index contributed by atoms with van der Waals surface area (Å²) in [6.07, 6.45) is -0.477. The molecule has 152 valence electrons. The fourth-order valence-electron chi connectivity index (χ4n) is 3.10. The molecular formula is C22H33FO4. The van der Waals surface area contributed by atoms with Gasteiger partial charge < -0.3 is 9.47 Å². The summed E-state index contributed by atoms with van der Waals surface area (Å²) in [7, 11) is 0. The lowest BCUT2D eigenvalue weighted by Crippen LogP contribution is -2.31. The quantitative estimate of drug-likeness (QED) is 0.612. The molecule has 0 radical (unpaired) electrons. The van der Waals surface area contributed by atoms with Gasteiger partial charge in [0, 0.05) is 5.92 Å². The molecule has 0 heterocycles. The molecule has 1 aromatic rings. The molecule has 4 nitrogen and oxygen atoms in total. The maximum absolute atomic E-state index is 14.0. The van der Waals surface area contributed by atoms with Gasteiger partial charge in [0.25, 0.3) is 0 Å². The van der Waals surface area contributed by atoms with Gasteiger partial charge in [-0.1, -0.05) is 32.9 Å². The Bertz CT molecular complexity index is 661. The molecule has 0 aliphatic heterocycles. The van der Waals surface area contributed by atoms with Crippen LogP contribution in [0.3, 0.4) is 0 Å². The zero-order valence-corrected chi connectivity index (χ0v) is 17.8. The average Bonchev–Trinajstić information content (AvgIpc) is 2.48. The van der Waals surface area contributed by atoms with Crippen molar-refractivity contribution in [3.8, 4) is 0 Å². The Balaban J connectivity index is 2.80. The Morgan fingerprint density at radius 3 is 2.19 bits per heavy atom. The van der Waals surface area contributed by atoms with E-state index in [1.807, 2.05) is 19.9 Å². The maximum Gasteiger partial charge on any atom is 0.309 e. The average molecular weight is 381 g/mol. The van der Waals surface area contributed by atoms with Gasteiger partial charge in [-0.3, -0.25) is 9.59 Å². The first kappa shape index (κ1) is 23.1. The summed E-state index contributed by atoms with van der Waals surface area (Å²) >= 11 is 0. The summed E-state index contributed by atoms with van der Waals surface area (Å²) < 4.78 is 24.9. The largest absolute Gasteiger partial charge is 0.462 e. The lowest BCUT2D eigenvalue weighted by Gasteiger charge is -2.29. The van der Waals surface area contributed by atoms with Crippen LogP contribution in [0.25, 0.3) is 0 Å². The highest BCUT2D eigenvalue weighted by molar-refractivity contribution is 5.80. The van der Waals surface area contributed by atoms with Crippen molar-refractivity contribution in [2.24, 2.45) is 11.8 Å². The molecule has 0 N–H and O–H groups in total. The van der Waals surface area contributed by atoms with Crippen LogP contribution in [-0.4, -0.2) is 23.6 Å². The molecule has 5 heteroatoms. The van der Waals surface area contributed by atoms with Crippen molar-refractivity contribution in [1.29, 1.82) is 0 Å². The van der Waals surface area contributed by atoms with Crippen LogP contribution in [0.5, 0.6) is 0 Å². The molecule has 0 saturated heterocycles. The minimum Gasteiger partial charge on any atom is -0.462 e. The fraction of sp³-hybridized carbons (Fsp3) is 0.636. The highest BCUT2D eigenvalue weighted by atomic mass is 19.1. The van der Waals surface area contributed by atoms with Gasteiger partial charge in [-0.05, 0) is 57.7 Å². The number of rotatable bonds is 7. The van der Waals surface area contributed by atoms with E-state index in [1.54, 1.807) is 47.6 Å². The third kappa shape index (κ3) is 7.31. The van der Waals surface area contributed by atoms with Gasteiger partial charge in [0.1, 0.15) is 17.5 Å². The number of esters is 2. The SMILES string of the molecule is Cc1ccc([C@H](C(C)C)[C@H](C)OC(=O)[C@H](C)CC(=O)OC(C)(C)C)cc1F. The van der Waals surface area contributed by atoms with Gasteiger partial charge in [-0.15, -0.1) is 0 Å². The number of carbonyl (C=O) groups is 2. The maximum atomic E-state index is 14.0. The van der Waals surface area contributed by atoms with Gasteiger partial charge >= 0.3 is 11.9 Å². The van der Waals surface area contributed by atoms with Gasteiger partial charge in [0.2, 0.25) is 0 Å². The number of aryl methyl sites for hydroxylation is 1. The second kappa shape index (κ2) is 9.34. The fourth-order valence-corrected chi connectivity index (χ4v) is 3.10. The van der Waals surface area contributed by atoms with Crippen molar-refractivity contribution in [1.82, 2.24) is 0 Å². The third-order valence-corrected chi connectivity index (χ3v) is 4.40. The van der Waals surface area contributed by atoms with Crippen LogP contribution in [0.1, 0.15) is 71.9 Å². The first-order chi connectivity index (χ1) is 12.3. The minimum atomic E-state index is -0.607. The predicted octanol–water partition coefficient (Wildman–Crippen LogP) is 5.17. The molecule has 0 amide bonds. The van der Waals surface area contributed by atoms with Crippen molar-refractivity contribution < 1.29 is 23.5 Å². The highest BCUT2D eigenvalue weighted by Crippen LogP contribution is 2.31. The van der Waals surface area contributed by atoms with Crippen molar-refractivity contribution in [3.05, 3.63) is 35.1 Å². The molecule has 0 aromatic heterocycles. The van der Waals surface area contributed by atoms with E-state index in [4.69, 9.17) is 9.47 Å². The Morgan fingerprint density at radius 2 is 1.70 bits per heavy atom. The summed E-state index contributed by atoms with van der Waals surface area (Å²) in [5.41, 5.74) is 0.789. The summed E-state index contributed by atoms with van der Waals surface area (Å²) in [5, 5.41) is 0. The minimum absolute atomic E-state index is 0.0334. The molecule has 1 rings (SSSR count). The topological polar surface area (TPSA) is 52.6 Å². The molecule has 0 bridgehead atoms. The molecule has 1 aromatic carbocycles. The summed E-state index contributed by atoms with van der Waals surface area (Å²) in [6, 6.07) is 5.12. The van der Waals surface area contributed by atoms with Crippen LogP contribution < -0.4 is 0 Å². The van der Waals surface area contributed by atoms with E-state index in [9.17, 15) is 14.0 Å². The summed E-state index contributed by atoms with van der Waals surface area (Å²) in [5.74, 6) is -1.75. The van der Waals surface area contributed by atoms with Crippen LogP contribution >= 0.6 is 0 Å². The van der Waals surface area contributed by atoms with Crippen LogP contribution in [-0.2, 0) is 19.1 Å². The lowest BCUT2D eigenvalue weighted by molar-refractivity contribution is -0.163. The Kier molecular flexibility index (Phi) is 8.00. The van der Waals surface area contributed by atoms with Crippen molar-refractivity contribution in [2.45, 2.75) is 79.4 Å². The number of hydrogen-bond donors (Lipinski definition) is 0. The standard InChI is InChI=1S/C22H33FO4/c1-13(2)20(17-10-9-14(3)18(23)12-17)16(5)26-21(25)15(4)11-19(24)27-22(6,7)8/h9-10,12-13,15-16,20H,11H2,1-8H3/t15-,16+,20-/m1/s1. The normalized spacial score (nSPS) is 15.2. The summed E-state index contributed by atoms with van der Waals surface area (Å²) in [6.45, 7) is 14.5. The van der Waals surface area contributed by atoms with Crippen molar-refractivity contribution in [3.63, 3.8) is 0 Å². The number of benzene rings is 1. The molecule has 0 fully saturated rings. The number of ether oxygens (including phenoxy) is 2. The first-order valence-electron chi connectivity index (χ1n) is 9.50. The molecular weight excluding hydrogens is 347 g/mol. The molecule has 0 aliphatic carbocycles. The van der Waals surface area contributed by atoms with E-state index in [-0.39, 0.29) is 24.1 Å². The second-order valence-electron chi connectivity index (χ2n) is 8.61. The first-order valence-corrected chi connectivity index (χ1v) is 9.50. The van der Waals surface area contributed by atoms with Crippen LogP contribution in [0, 0.1) is 24.6 Å². The second-order valence-corrected chi connectivity index (χ2v) is 8.61. The van der Waals surface area contributed by atoms with Crippen molar-refractivity contribution in [2.75, 3.05) is 0 Å². The van der Waals surface area contributed by atoms with Gasteiger partial charge in [0.05, 0.1) is 12.3 Å². The Labute approximate surface area is 162 Å². The predicted molar refractivity (Wildman–Crippen MR) is 104 cm³/mol. The lowest BCUT2D eigenvalue weighted by atomic mass is 9.84. The number of hydrogen-bond acceptors (Lipinski definition) is 4. The van der Waals surface area contributed by atoms with Gasteiger partial charge in [-0.2, -0.15) is 0 Å². The molecule has 27 heavy (non-hydrogen) atoms. The van der Waals surface area contributed by atoms with Gasteiger partial charge in [0.15, 0.2) is 0 Å². The Hall–Kier alpha value is -1.91. The zero-order valence-electron chi connectivity index (χ0n) is 17.8. The monoisotopic (exact) mass is 380 g/mol. The Morgan fingerprint density at radius 1 is 1.11 bits per heavy atom. The van der Waals surface area contributed by atoms with Crippen LogP contribution in [0.2, 0.25) is 0 Å². The van der Waals surface area contributed by atoms with Crippen molar-refractivity contribution >= 4 is 11.9 Å². The smallest absolute Gasteiger partial charge is 0.309 e. The molecule has 0 unspecified atom stereocenters. The van der Waals surface area contributed by atoms with E-state index in [0.717, 1.165) is 5.56 Å². The third-order valence-electron chi connectivity index (χ3n) is 4.40. The zero-order chi connectivity index (χ0) is 20.9. The van der Waals surface area contributed by atoms with E-state index < -0.39 is 29.6 Å². The highest BCUT2D eigenvalue weighted by Gasteiger charge is 2.29. The van der Waals surface area contributed by atoms with Gasteiger partial charge in [-0.25, -0.2) is 4.39 Å². The molecule has 0 spiro atoms. The molecule has 3 atom stereocenters. The van der Waals surface area contributed by atoms with E-state index >= 15 is 0 Å². The van der Waals surface area contributed by atoms with E-state index in [0.29, 0.717) is 5.56 Å². The molecule has 0 aliphatic rings.